The lowest BCUT2D eigenvalue weighted by molar-refractivity contribution is 0.192. The Bertz CT molecular complexity index is 581. The van der Waals surface area contributed by atoms with Gasteiger partial charge in [0.05, 0.1) is 0 Å². The molecule has 0 saturated carbocycles. The number of aryl methyl sites for hydroxylation is 1. The molecule has 1 nitrogen and oxygen atoms in total. The molecule has 0 aliphatic heterocycles. The first-order valence-corrected chi connectivity index (χ1v) is 7.65. The van der Waals surface area contributed by atoms with E-state index in [1.165, 1.54) is 25.7 Å². The van der Waals surface area contributed by atoms with Crippen molar-refractivity contribution >= 4 is 10.8 Å². The van der Waals surface area contributed by atoms with E-state index in [1.807, 2.05) is 6.07 Å². The average Bonchev–Trinajstić information content (AvgIpc) is 2.48. The van der Waals surface area contributed by atoms with Gasteiger partial charge in [-0.25, -0.2) is 8.78 Å². The first kappa shape index (κ1) is 15.7. The number of unbranched alkanes of at least 4 members (excludes halogenated alkanes) is 4. The average molecular weight is 292 g/mol. The number of rotatable bonds is 8. The van der Waals surface area contributed by atoms with E-state index in [1.54, 1.807) is 24.3 Å². The topological polar surface area (TPSA) is 9.23 Å². The fourth-order valence-corrected chi connectivity index (χ4v) is 2.58. The fraction of sp³-hybridized carbons (Fsp3) is 0.444. The third-order valence-electron chi connectivity index (χ3n) is 3.73. The quantitative estimate of drug-likeness (QED) is 0.559. The molecule has 0 amide bonds. The first-order valence-electron chi connectivity index (χ1n) is 7.65. The minimum absolute atomic E-state index is 0.264. The van der Waals surface area contributed by atoms with Gasteiger partial charge in [-0.2, -0.15) is 0 Å². The van der Waals surface area contributed by atoms with Crippen molar-refractivity contribution in [2.75, 3.05) is 6.86 Å². The molecule has 0 aliphatic carbocycles. The molecule has 0 fully saturated rings. The number of halogens is 2. The summed E-state index contributed by atoms with van der Waals surface area (Å²) in [6.07, 6.45) is 6.93. The van der Waals surface area contributed by atoms with E-state index in [9.17, 15) is 8.78 Å². The molecule has 2 aromatic carbocycles. The van der Waals surface area contributed by atoms with Crippen molar-refractivity contribution in [2.45, 2.75) is 45.4 Å². The van der Waals surface area contributed by atoms with E-state index in [0.29, 0.717) is 11.1 Å². The number of hydrogen-bond acceptors (Lipinski definition) is 1. The summed E-state index contributed by atoms with van der Waals surface area (Å²) in [6, 6.07) is 8.60. The Morgan fingerprint density at radius 3 is 2.57 bits per heavy atom. The fourth-order valence-electron chi connectivity index (χ4n) is 2.58. The van der Waals surface area contributed by atoms with Gasteiger partial charge in [0.15, 0.2) is 0 Å². The van der Waals surface area contributed by atoms with Crippen molar-refractivity contribution in [1.82, 2.24) is 0 Å². The van der Waals surface area contributed by atoms with Gasteiger partial charge in [0.25, 0.3) is 0 Å². The van der Waals surface area contributed by atoms with Gasteiger partial charge in [-0.15, -0.1) is 0 Å². The molecule has 3 heteroatoms. The lowest BCUT2D eigenvalue weighted by atomic mass is 10.0. The number of ether oxygens (including phenoxy) is 1. The molecule has 2 aromatic rings. The highest BCUT2D eigenvalue weighted by atomic mass is 19.1. The number of fused-ring (bicyclic) bond motifs is 1. The lowest BCUT2D eigenvalue weighted by Crippen LogP contribution is -1.92. The summed E-state index contributed by atoms with van der Waals surface area (Å²) in [6.45, 7) is 1.29. The second kappa shape index (κ2) is 7.96. The maximum absolute atomic E-state index is 14.1. The van der Waals surface area contributed by atoms with Crippen LogP contribution in [-0.4, -0.2) is 6.86 Å². The molecule has 0 radical (unpaired) electrons. The zero-order chi connectivity index (χ0) is 15.1. The molecule has 0 bridgehead atoms. The van der Waals surface area contributed by atoms with E-state index in [-0.39, 0.29) is 5.82 Å². The summed E-state index contributed by atoms with van der Waals surface area (Å²) in [5.74, 6) is 0.0941. The molecule has 114 valence electrons. The van der Waals surface area contributed by atoms with Crippen LogP contribution in [0, 0.1) is 5.82 Å². The van der Waals surface area contributed by atoms with Crippen LogP contribution in [-0.2, 0) is 6.42 Å². The minimum Gasteiger partial charge on any atom is -0.463 e. The Balaban J connectivity index is 2.07. The molecular formula is C18H22F2O. The van der Waals surface area contributed by atoms with Crippen molar-refractivity contribution in [3.8, 4) is 5.75 Å². The molecule has 0 spiro atoms. The predicted octanol–water partition coefficient (Wildman–Crippen LogP) is 5.80. The summed E-state index contributed by atoms with van der Waals surface area (Å²) >= 11 is 0. The molecule has 0 aliphatic rings. The van der Waals surface area contributed by atoms with Gasteiger partial charge < -0.3 is 4.74 Å². The van der Waals surface area contributed by atoms with Crippen LogP contribution in [0.2, 0.25) is 0 Å². The number of alkyl halides is 1. The highest BCUT2D eigenvalue weighted by molar-refractivity contribution is 5.85. The van der Waals surface area contributed by atoms with Gasteiger partial charge in [-0.1, -0.05) is 44.7 Å². The van der Waals surface area contributed by atoms with Gasteiger partial charge in [0, 0.05) is 5.39 Å². The number of hydrogen-bond donors (Lipinski definition) is 0. The second-order valence-corrected chi connectivity index (χ2v) is 5.38. The maximum atomic E-state index is 14.1. The zero-order valence-corrected chi connectivity index (χ0v) is 12.5. The smallest absolute Gasteiger partial charge is 0.228 e. The summed E-state index contributed by atoms with van der Waals surface area (Å²) in [7, 11) is 0. The van der Waals surface area contributed by atoms with Crippen molar-refractivity contribution < 1.29 is 13.5 Å². The van der Waals surface area contributed by atoms with E-state index in [2.05, 4.69) is 6.92 Å². The summed E-state index contributed by atoms with van der Waals surface area (Å²) in [5.41, 5.74) is 1.02. The van der Waals surface area contributed by atoms with Gasteiger partial charge in [0.2, 0.25) is 6.86 Å². The van der Waals surface area contributed by atoms with Crippen LogP contribution in [0.15, 0.2) is 30.3 Å². The Labute approximate surface area is 124 Å². The summed E-state index contributed by atoms with van der Waals surface area (Å²) in [5, 5.41) is 1.32. The van der Waals surface area contributed by atoms with E-state index < -0.39 is 6.86 Å². The van der Waals surface area contributed by atoms with Crippen LogP contribution in [0.3, 0.4) is 0 Å². The monoisotopic (exact) mass is 292 g/mol. The largest absolute Gasteiger partial charge is 0.463 e. The Morgan fingerprint density at radius 1 is 1.00 bits per heavy atom. The highest BCUT2D eigenvalue weighted by Crippen LogP contribution is 2.25. The van der Waals surface area contributed by atoms with Crippen molar-refractivity contribution in [1.29, 1.82) is 0 Å². The molecular weight excluding hydrogens is 270 g/mol. The molecule has 2 rings (SSSR count). The maximum Gasteiger partial charge on any atom is 0.228 e. The van der Waals surface area contributed by atoms with Crippen LogP contribution in [0.4, 0.5) is 8.78 Å². The van der Waals surface area contributed by atoms with Crippen molar-refractivity contribution in [3.05, 3.63) is 41.7 Å². The van der Waals surface area contributed by atoms with Crippen LogP contribution >= 0.6 is 0 Å². The van der Waals surface area contributed by atoms with E-state index in [0.717, 1.165) is 23.8 Å². The van der Waals surface area contributed by atoms with Gasteiger partial charge in [0.1, 0.15) is 11.6 Å². The molecule has 21 heavy (non-hydrogen) atoms. The Morgan fingerprint density at radius 2 is 1.81 bits per heavy atom. The van der Waals surface area contributed by atoms with E-state index >= 15 is 0 Å². The van der Waals surface area contributed by atoms with Crippen molar-refractivity contribution in [3.63, 3.8) is 0 Å². The lowest BCUT2D eigenvalue weighted by Gasteiger charge is -2.08. The van der Waals surface area contributed by atoms with Crippen LogP contribution in [0.5, 0.6) is 5.75 Å². The standard InChI is InChI=1S/C18H22F2O/c1-2-3-4-5-6-7-14-10-15-8-9-16(21-13-19)12-17(15)18(20)11-14/h8-12H,2-7,13H2,1H3. The molecule has 0 heterocycles. The third kappa shape index (κ3) is 4.42. The van der Waals surface area contributed by atoms with Crippen LogP contribution in [0.1, 0.15) is 44.6 Å². The molecule has 0 aromatic heterocycles. The van der Waals surface area contributed by atoms with E-state index in [4.69, 9.17) is 4.74 Å². The molecule has 0 atom stereocenters. The summed E-state index contributed by atoms with van der Waals surface area (Å²) < 4.78 is 31.1. The Hall–Kier alpha value is -1.64. The van der Waals surface area contributed by atoms with Crippen molar-refractivity contribution in [2.24, 2.45) is 0 Å². The van der Waals surface area contributed by atoms with Crippen LogP contribution < -0.4 is 4.74 Å². The predicted molar refractivity (Wildman–Crippen MR) is 83.0 cm³/mol. The van der Waals surface area contributed by atoms with Gasteiger partial charge in [-0.05, 0) is 42.0 Å². The normalized spacial score (nSPS) is 11.0. The van der Waals surface area contributed by atoms with Crippen LogP contribution in [0.25, 0.3) is 10.8 Å². The van der Waals surface area contributed by atoms with Gasteiger partial charge >= 0.3 is 0 Å². The van der Waals surface area contributed by atoms with Gasteiger partial charge in [-0.3, -0.25) is 0 Å². The second-order valence-electron chi connectivity index (χ2n) is 5.38. The highest BCUT2D eigenvalue weighted by Gasteiger charge is 2.06. The minimum atomic E-state index is -0.900. The molecule has 0 saturated heterocycles. The summed E-state index contributed by atoms with van der Waals surface area (Å²) in [4.78, 5) is 0. The SMILES string of the molecule is CCCCCCCc1cc(F)c2cc(OCF)ccc2c1. The molecule has 0 N–H and O–H groups in total. The number of benzene rings is 2. The first-order chi connectivity index (χ1) is 10.2. The molecule has 0 unspecified atom stereocenters. The Kier molecular flexibility index (Phi) is 5.97. The zero-order valence-electron chi connectivity index (χ0n) is 12.5. The third-order valence-corrected chi connectivity index (χ3v) is 3.73.